The van der Waals surface area contributed by atoms with Crippen molar-refractivity contribution in [2.24, 2.45) is 4.99 Å². The molecule has 1 aliphatic heterocycles. The normalized spacial score (nSPS) is 17.8. The van der Waals surface area contributed by atoms with E-state index in [0.717, 1.165) is 19.0 Å². The molecule has 1 atom stereocenters. The molecule has 0 radical (unpaired) electrons. The van der Waals surface area contributed by atoms with Gasteiger partial charge in [-0.2, -0.15) is 0 Å². The molecule has 150 valence electrons. The van der Waals surface area contributed by atoms with Gasteiger partial charge in [0.2, 0.25) is 0 Å². The summed E-state index contributed by atoms with van der Waals surface area (Å²) in [6, 6.07) is 0.552. The molecule has 2 N–H and O–H groups in total. The Balaban J connectivity index is 0.00000576. The van der Waals surface area contributed by atoms with E-state index in [1.807, 2.05) is 7.05 Å². The fraction of sp³-hybridized carbons (Fsp3) is 0.947. The van der Waals surface area contributed by atoms with E-state index in [-0.39, 0.29) is 24.0 Å². The molecule has 5 nitrogen and oxygen atoms in total. The first-order valence-electron chi connectivity index (χ1n) is 10.0. The van der Waals surface area contributed by atoms with Gasteiger partial charge in [0.1, 0.15) is 0 Å². The SMILES string of the molecule is CCCCCCCCCNC(=NC)NCC(C)N1CCN(C)CC1.I. The van der Waals surface area contributed by atoms with Gasteiger partial charge < -0.3 is 15.5 Å². The molecule has 1 rings (SSSR count). The van der Waals surface area contributed by atoms with Gasteiger partial charge in [0, 0.05) is 52.4 Å². The average Bonchev–Trinajstić information content (AvgIpc) is 2.60. The van der Waals surface area contributed by atoms with Gasteiger partial charge in [0.05, 0.1) is 0 Å². The number of hydrogen-bond acceptors (Lipinski definition) is 3. The molecule has 0 aromatic rings. The standard InChI is InChI=1S/C19H41N5.HI/c1-5-6-7-8-9-10-11-12-21-19(20-3)22-17-18(2)24-15-13-23(4)14-16-24;/h18H,5-17H2,1-4H3,(H2,20,21,22);1H. The minimum absolute atomic E-state index is 0. The average molecular weight is 467 g/mol. The van der Waals surface area contributed by atoms with Crippen molar-refractivity contribution in [1.29, 1.82) is 0 Å². The van der Waals surface area contributed by atoms with Crippen molar-refractivity contribution in [3.05, 3.63) is 0 Å². The lowest BCUT2D eigenvalue weighted by Gasteiger charge is -2.36. The molecule has 0 aromatic heterocycles. The largest absolute Gasteiger partial charge is 0.356 e. The lowest BCUT2D eigenvalue weighted by atomic mass is 10.1. The second kappa shape index (κ2) is 16.1. The molecule has 0 aromatic carbocycles. The molecule has 1 heterocycles. The minimum atomic E-state index is 0. The molecule has 1 aliphatic rings. The third kappa shape index (κ3) is 12.0. The van der Waals surface area contributed by atoms with Crippen LogP contribution in [0.3, 0.4) is 0 Å². The third-order valence-electron chi connectivity index (χ3n) is 5.02. The van der Waals surface area contributed by atoms with E-state index < -0.39 is 0 Å². The number of piperazine rings is 1. The summed E-state index contributed by atoms with van der Waals surface area (Å²) in [6.45, 7) is 11.3. The summed E-state index contributed by atoms with van der Waals surface area (Å²) in [5.74, 6) is 0.946. The van der Waals surface area contributed by atoms with Gasteiger partial charge in [-0.1, -0.05) is 45.4 Å². The Labute approximate surface area is 173 Å². The van der Waals surface area contributed by atoms with Crippen molar-refractivity contribution in [3.63, 3.8) is 0 Å². The Bertz CT molecular complexity index is 330. The molecule has 25 heavy (non-hydrogen) atoms. The zero-order valence-corrected chi connectivity index (χ0v) is 19.3. The molecular formula is C19H42IN5. The highest BCUT2D eigenvalue weighted by Crippen LogP contribution is 2.06. The third-order valence-corrected chi connectivity index (χ3v) is 5.02. The first kappa shape index (κ1) is 24.9. The summed E-state index contributed by atoms with van der Waals surface area (Å²) in [4.78, 5) is 9.31. The number of unbranched alkanes of at least 4 members (excludes halogenated alkanes) is 6. The van der Waals surface area contributed by atoms with Crippen molar-refractivity contribution < 1.29 is 0 Å². The van der Waals surface area contributed by atoms with Crippen LogP contribution < -0.4 is 10.6 Å². The molecular weight excluding hydrogens is 425 g/mol. The van der Waals surface area contributed by atoms with Gasteiger partial charge in [0.25, 0.3) is 0 Å². The Kier molecular flexibility index (Phi) is 16.1. The predicted octanol–water partition coefficient (Wildman–Crippen LogP) is 3.16. The van der Waals surface area contributed by atoms with Crippen LogP contribution in [-0.2, 0) is 0 Å². The Morgan fingerprint density at radius 3 is 2.16 bits per heavy atom. The molecule has 1 fully saturated rings. The molecule has 6 heteroatoms. The summed E-state index contributed by atoms with van der Waals surface area (Å²) in [5, 5.41) is 6.93. The van der Waals surface area contributed by atoms with Crippen LogP contribution in [0.1, 0.15) is 58.8 Å². The van der Waals surface area contributed by atoms with Crippen molar-refractivity contribution in [2.45, 2.75) is 64.8 Å². The topological polar surface area (TPSA) is 42.9 Å². The number of aliphatic imine (C=N–C) groups is 1. The summed E-state index contributed by atoms with van der Waals surface area (Å²) in [7, 11) is 4.07. The Morgan fingerprint density at radius 1 is 0.960 bits per heavy atom. The van der Waals surface area contributed by atoms with Gasteiger partial charge in [0.15, 0.2) is 5.96 Å². The monoisotopic (exact) mass is 467 g/mol. The van der Waals surface area contributed by atoms with Gasteiger partial charge in [-0.25, -0.2) is 0 Å². The van der Waals surface area contributed by atoms with Crippen LogP contribution in [-0.4, -0.2) is 75.2 Å². The quantitative estimate of drug-likeness (QED) is 0.212. The zero-order valence-electron chi connectivity index (χ0n) is 17.0. The molecule has 1 unspecified atom stereocenters. The summed E-state index contributed by atoms with van der Waals surface area (Å²) >= 11 is 0. The van der Waals surface area contributed by atoms with Crippen molar-refractivity contribution in [3.8, 4) is 0 Å². The number of nitrogens with one attached hydrogen (secondary N) is 2. The van der Waals surface area contributed by atoms with E-state index >= 15 is 0 Å². The zero-order chi connectivity index (χ0) is 17.6. The Hall–Kier alpha value is -0.0800. The van der Waals surface area contributed by atoms with Crippen LogP contribution in [0.15, 0.2) is 4.99 Å². The first-order chi connectivity index (χ1) is 11.7. The van der Waals surface area contributed by atoms with Gasteiger partial charge >= 0.3 is 0 Å². The second-order valence-corrected chi connectivity index (χ2v) is 7.19. The number of guanidine groups is 1. The molecule has 1 saturated heterocycles. The minimum Gasteiger partial charge on any atom is -0.356 e. The maximum Gasteiger partial charge on any atom is 0.191 e. The molecule has 0 saturated carbocycles. The fourth-order valence-corrected chi connectivity index (χ4v) is 3.15. The van der Waals surface area contributed by atoms with Gasteiger partial charge in [-0.15, -0.1) is 24.0 Å². The van der Waals surface area contributed by atoms with E-state index in [2.05, 4.69) is 46.3 Å². The van der Waals surface area contributed by atoms with E-state index in [4.69, 9.17) is 0 Å². The summed E-state index contributed by atoms with van der Waals surface area (Å²) < 4.78 is 0. The van der Waals surface area contributed by atoms with E-state index in [9.17, 15) is 0 Å². The number of hydrogen-bond donors (Lipinski definition) is 2. The van der Waals surface area contributed by atoms with E-state index in [0.29, 0.717) is 6.04 Å². The molecule has 0 amide bonds. The fourth-order valence-electron chi connectivity index (χ4n) is 3.15. The first-order valence-corrected chi connectivity index (χ1v) is 10.0. The summed E-state index contributed by atoms with van der Waals surface area (Å²) in [6.07, 6.45) is 9.44. The molecule has 0 bridgehead atoms. The van der Waals surface area contributed by atoms with Gasteiger partial charge in [-0.05, 0) is 20.4 Å². The van der Waals surface area contributed by atoms with E-state index in [1.54, 1.807) is 0 Å². The lowest BCUT2D eigenvalue weighted by molar-refractivity contribution is 0.120. The Morgan fingerprint density at radius 2 is 1.56 bits per heavy atom. The van der Waals surface area contributed by atoms with Crippen molar-refractivity contribution in [2.75, 3.05) is 53.4 Å². The second-order valence-electron chi connectivity index (χ2n) is 7.19. The highest BCUT2D eigenvalue weighted by atomic mass is 127. The van der Waals surface area contributed by atoms with Crippen LogP contribution in [0.5, 0.6) is 0 Å². The van der Waals surface area contributed by atoms with Crippen LogP contribution in [0.25, 0.3) is 0 Å². The van der Waals surface area contributed by atoms with Crippen LogP contribution in [0.4, 0.5) is 0 Å². The van der Waals surface area contributed by atoms with E-state index in [1.165, 1.54) is 71.1 Å². The number of halogens is 1. The molecule has 0 aliphatic carbocycles. The predicted molar refractivity (Wildman–Crippen MR) is 121 cm³/mol. The maximum atomic E-state index is 4.34. The van der Waals surface area contributed by atoms with Crippen molar-refractivity contribution in [1.82, 2.24) is 20.4 Å². The van der Waals surface area contributed by atoms with Crippen molar-refractivity contribution >= 4 is 29.9 Å². The highest BCUT2D eigenvalue weighted by Gasteiger charge is 2.18. The number of nitrogens with zero attached hydrogens (tertiary/aromatic N) is 3. The molecule has 0 spiro atoms. The van der Waals surface area contributed by atoms with Crippen LogP contribution >= 0.6 is 24.0 Å². The van der Waals surface area contributed by atoms with Gasteiger partial charge in [-0.3, -0.25) is 9.89 Å². The number of likely N-dealkylation sites (N-methyl/N-ethyl adjacent to an activating group) is 1. The van der Waals surface area contributed by atoms with Crippen LogP contribution in [0, 0.1) is 0 Å². The summed E-state index contributed by atoms with van der Waals surface area (Å²) in [5.41, 5.74) is 0. The number of rotatable bonds is 11. The smallest absolute Gasteiger partial charge is 0.191 e. The lowest BCUT2D eigenvalue weighted by Crippen LogP contribution is -2.52. The maximum absolute atomic E-state index is 4.34. The highest BCUT2D eigenvalue weighted by molar-refractivity contribution is 14.0. The van der Waals surface area contributed by atoms with Crippen LogP contribution in [0.2, 0.25) is 0 Å².